The van der Waals surface area contributed by atoms with E-state index < -0.39 is 0 Å². The third-order valence-corrected chi connectivity index (χ3v) is 2.75. The van der Waals surface area contributed by atoms with Crippen LogP contribution in [0.25, 0.3) is 0 Å². The Hall–Kier alpha value is -2.44. The van der Waals surface area contributed by atoms with Crippen molar-refractivity contribution >= 4 is 17.8 Å². The number of hydrogen-bond acceptors (Lipinski definition) is 7. The highest BCUT2D eigenvalue weighted by molar-refractivity contribution is 5.42. The summed E-state index contributed by atoms with van der Waals surface area (Å²) in [6.07, 6.45) is 2.62. The van der Waals surface area contributed by atoms with E-state index in [1.54, 1.807) is 6.20 Å². The summed E-state index contributed by atoms with van der Waals surface area (Å²) in [5, 5.41) is 6.33. The average Bonchev–Trinajstić information content (AvgIpc) is 2.48. The molecule has 0 bridgehead atoms. The van der Waals surface area contributed by atoms with Crippen molar-refractivity contribution in [2.45, 2.75) is 13.3 Å². The van der Waals surface area contributed by atoms with Crippen LogP contribution in [0.1, 0.15) is 12.6 Å². The number of hydrogen-bond donors (Lipinski definition) is 2. The number of nitrogens with zero attached hydrogens (tertiary/aromatic N) is 5. The van der Waals surface area contributed by atoms with Gasteiger partial charge in [-0.05, 0) is 19.1 Å². The largest absolute Gasteiger partial charge is 0.354 e. The van der Waals surface area contributed by atoms with Gasteiger partial charge in [0.15, 0.2) is 0 Å². The Bertz CT molecular complexity index is 557. The molecule has 0 unspecified atom stereocenters. The standard InChI is InChI=1S/C14H21N7/c1-4-15-12-18-13(20-14(19-12)21(2)3)17-10-8-11-7-5-6-9-16-11/h5-7,9H,4,8,10H2,1-3H3,(H2,15,17,18,19,20). The fourth-order valence-electron chi connectivity index (χ4n) is 1.73. The molecule has 0 amide bonds. The summed E-state index contributed by atoms with van der Waals surface area (Å²) in [5.74, 6) is 1.78. The average molecular weight is 287 g/mol. The van der Waals surface area contributed by atoms with Gasteiger partial charge in [0.1, 0.15) is 0 Å². The van der Waals surface area contributed by atoms with Gasteiger partial charge in [-0.1, -0.05) is 6.07 Å². The van der Waals surface area contributed by atoms with E-state index in [4.69, 9.17) is 0 Å². The van der Waals surface area contributed by atoms with Gasteiger partial charge in [-0.2, -0.15) is 15.0 Å². The maximum absolute atomic E-state index is 4.38. The van der Waals surface area contributed by atoms with Gasteiger partial charge in [0.25, 0.3) is 0 Å². The second-order valence-electron chi connectivity index (χ2n) is 4.71. The van der Waals surface area contributed by atoms with Crippen LogP contribution in [0.15, 0.2) is 24.4 Å². The number of pyridine rings is 1. The van der Waals surface area contributed by atoms with Crippen molar-refractivity contribution in [3.05, 3.63) is 30.1 Å². The molecule has 0 aliphatic carbocycles. The Morgan fingerprint density at radius 3 is 2.43 bits per heavy atom. The van der Waals surface area contributed by atoms with Crippen LogP contribution in [0.2, 0.25) is 0 Å². The molecule has 0 aromatic carbocycles. The molecule has 0 saturated carbocycles. The van der Waals surface area contributed by atoms with Crippen molar-refractivity contribution in [2.75, 3.05) is 42.7 Å². The van der Waals surface area contributed by atoms with Crippen molar-refractivity contribution in [1.82, 2.24) is 19.9 Å². The van der Waals surface area contributed by atoms with Crippen molar-refractivity contribution in [2.24, 2.45) is 0 Å². The molecule has 0 atom stereocenters. The van der Waals surface area contributed by atoms with Crippen molar-refractivity contribution in [1.29, 1.82) is 0 Å². The summed E-state index contributed by atoms with van der Waals surface area (Å²) in [7, 11) is 3.81. The van der Waals surface area contributed by atoms with E-state index in [1.807, 2.05) is 44.1 Å². The van der Waals surface area contributed by atoms with E-state index >= 15 is 0 Å². The van der Waals surface area contributed by atoms with Crippen LogP contribution in [-0.2, 0) is 6.42 Å². The van der Waals surface area contributed by atoms with Crippen LogP contribution < -0.4 is 15.5 Å². The zero-order chi connectivity index (χ0) is 15.1. The van der Waals surface area contributed by atoms with Crippen molar-refractivity contribution in [3.63, 3.8) is 0 Å². The molecule has 0 radical (unpaired) electrons. The predicted molar refractivity (Wildman–Crippen MR) is 84.7 cm³/mol. The van der Waals surface area contributed by atoms with E-state index in [-0.39, 0.29) is 0 Å². The van der Waals surface area contributed by atoms with E-state index in [9.17, 15) is 0 Å². The first-order chi connectivity index (χ1) is 10.2. The van der Waals surface area contributed by atoms with E-state index in [2.05, 4.69) is 30.6 Å². The zero-order valence-corrected chi connectivity index (χ0v) is 12.7. The van der Waals surface area contributed by atoms with E-state index in [0.29, 0.717) is 17.8 Å². The highest BCUT2D eigenvalue weighted by Gasteiger charge is 2.07. The second kappa shape index (κ2) is 7.37. The van der Waals surface area contributed by atoms with Crippen molar-refractivity contribution < 1.29 is 0 Å². The van der Waals surface area contributed by atoms with Crippen LogP contribution in [0.5, 0.6) is 0 Å². The number of nitrogens with one attached hydrogen (secondary N) is 2. The lowest BCUT2D eigenvalue weighted by Crippen LogP contribution is -2.18. The van der Waals surface area contributed by atoms with Gasteiger partial charge in [0.05, 0.1) is 0 Å². The molecule has 0 saturated heterocycles. The molecule has 7 nitrogen and oxygen atoms in total. The highest BCUT2D eigenvalue weighted by Crippen LogP contribution is 2.11. The summed E-state index contributed by atoms with van der Waals surface area (Å²) < 4.78 is 0. The van der Waals surface area contributed by atoms with Gasteiger partial charge in [0.2, 0.25) is 17.8 Å². The molecule has 7 heteroatoms. The summed E-state index contributed by atoms with van der Waals surface area (Å²) >= 11 is 0. The van der Waals surface area contributed by atoms with Gasteiger partial charge in [-0.25, -0.2) is 0 Å². The first kappa shape index (κ1) is 15.0. The van der Waals surface area contributed by atoms with Crippen LogP contribution in [0, 0.1) is 0 Å². The molecule has 2 N–H and O–H groups in total. The van der Waals surface area contributed by atoms with Crippen LogP contribution in [-0.4, -0.2) is 47.1 Å². The van der Waals surface area contributed by atoms with Gasteiger partial charge < -0.3 is 15.5 Å². The molecule has 0 fully saturated rings. The molecule has 2 heterocycles. The second-order valence-corrected chi connectivity index (χ2v) is 4.71. The molecular weight excluding hydrogens is 266 g/mol. The van der Waals surface area contributed by atoms with Crippen LogP contribution >= 0.6 is 0 Å². The minimum absolute atomic E-state index is 0.570. The van der Waals surface area contributed by atoms with E-state index in [0.717, 1.165) is 25.2 Å². The van der Waals surface area contributed by atoms with Gasteiger partial charge >= 0.3 is 0 Å². The molecule has 2 rings (SSSR count). The Kier molecular flexibility index (Phi) is 5.25. The zero-order valence-electron chi connectivity index (χ0n) is 12.7. The SMILES string of the molecule is CCNc1nc(NCCc2ccccn2)nc(N(C)C)n1. The minimum Gasteiger partial charge on any atom is -0.354 e. The summed E-state index contributed by atoms with van der Waals surface area (Å²) in [4.78, 5) is 19.2. The Morgan fingerprint density at radius 2 is 1.81 bits per heavy atom. The van der Waals surface area contributed by atoms with Crippen molar-refractivity contribution in [3.8, 4) is 0 Å². The monoisotopic (exact) mass is 287 g/mol. The number of aromatic nitrogens is 4. The fourth-order valence-corrected chi connectivity index (χ4v) is 1.73. The van der Waals surface area contributed by atoms with E-state index in [1.165, 1.54) is 0 Å². The Morgan fingerprint density at radius 1 is 1.05 bits per heavy atom. The summed E-state index contributed by atoms with van der Waals surface area (Å²) in [6.45, 7) is 3.50. The quantitative estimate of drug-likeness (QED) is 0.797. The highest BCUT2D eigenvalue weighted by atomic mass is 15.3. The summed E-state index contributed by atoms with van der Waals surface area (Å²) in [5.41, 5.74) is 1.04. The molecule has 2 aromatic rings. The van der Waals surface area contributed by atoms with Crippen LogP contribution in [0.3, 0.4) is 0 Å². The minimum atomic E-state index is 0.570. The number of anilines is 3. The summed E-state index contributed by atoms with van der Waals surface area (Å²) in [6, 6.07) is 5.90. The first-order valence-electron chi connectivity index (χ1n) is 7.00. The molecular formula is C14H21N7. The lowest BCUT2D eigenvalue weighted by atomic mass is 10.3. The molecule has 21 heavy (non-hydrogen) atoms. The third-order valence-electron chi connectivity index (χ3n) is 2.75. The molecule has 0 aliphatic heterocycles. The fraction of sp³-hybridized carbons (Fsp3) is 0.429. The topological polar surface area (TPSA) is 78.9 Å². The molecule has 0 aliphatic rings. The molecule has 112 valence electrons. The van der Waals surface area contributed by atoms with Gasteiger partial charge in [-0.3, -0.25) is 4.98 Å². The third kappa shape index (κ3) is 4.55. The van der Waals surface area contributed by atoms with Gasteiger partial charge in [-0.15, -0.1) is 0 Å². The predicted octanol–water partition coefficient (Wildman–Crippen LogP) is 1.42. The molecule has 0 spiro atoms. The lowest BCUT2D eigenvalue weighted by molar-refractivity contribution is 0.910. The van der Waals surface area contributed by atoms with Crippen LogP contribution in [0.4, 0.5) is 17.8 Å². The Labute approximate surface area is 124 Å². The normalized spacial score (nSPS) is 10.2. The first-order valence-corrected chi connectivity index (χ1v) is 7.00. The molecule has 2 aromatic heterocycles. The number of rotatable bonds is 7. The maximum atomic E-state index is 4.38. The smallest absolute Gasteiger partial charge is 0.231 e. The Balaban J connectivity index is 2.01. The lowest BCUT2D eigenvalue weighted by Gasteiger charge is -2.13. The van der Waals surface area contributed by atoms with Gasteiger partial charge in [0, 0.05) is 45.5 Å². The maximum Gasteiger partial charge on any atom is 0.231 e.